The van der Waals surface area contributed by atoms with E-state index >= 15 is 0 Å². The second kappa shape index (κ2) is 5.68. The Kier molecular flexibility index (Phi) is 4.12. The third kappa shape index (κ3) is 3.30. The van der Waals surface area contributed by atoms with E-state index in [0.29, 0.717) is 5.56 Å². The van der Waals surface area contributed by atoms with Crippen LogP contribution in [0.5, 0.6) is 0 Å². The number of fused-ring (bicyclic) bond motifs is 1. The van der Waals surface area contributed by atoms with E-state index in [0.717, 1.165) is 12.8 Å². The van der Waals surface area contributed by atoms with Crippen LogP contribution in [0.2, 0.25) is 0 Å². The molecule has 0 atom stereocenters. The van der Waals surface area contributed by atoms with Crippen LogP contribution in [0, 0.1) is 5.41 Å². The molecule has 0 saturated heterocycles. The van der Waals surface area contributed by atoms with Crippen LogP contribution in [-0.4, -0.2) is 16.7 Å². The quantitative estimate of drug-likeness (QED) is 0.902. The van der Waals surface area contributed by atoms with Crippen molar-refractivity contribution in [2.75, 3.05) is 0 Å². The van der Waals surface area contributed by atoms with Gasteiger partial charge in [-0.3, -0.25) is 9.59 Å². The summed E-state index contributed by atoms with van der Waals surface area (Å²) in [5.41, 5.74) is 0.926. The lowest BCUT2D eigenvalue weighted by Gasteiger charge is -2.17. The lowest BCUT2D eigenvalue weighted by atomic mass is 9.87. The first-order valence-electron chi connectivity index (χ1n) is 7.09. The zero-order valence-corrected chi connectivity index (χ0v) is 12.6. The van der Waals surface area contributed by atoms with Crippen molar-refractivity contribution in [2.24, 2.45) is 5.41 Å². The van der Waals surface area contributed by atoms with Gasteiger partial charge in [0.1, 0.15) is 0 Å². The first-order valence-corrected chi connectivity index (χ1v) is 7.09. The van der Waals surface area contributed by atoms with E-state index < -0.39 is 11.5 Å². The lowest BCUT2D eigenvalue weighted by molar-refractivity contribution is 0.0932. The van der Waals surface area contributed by atoms with Crippen molar-refractivity contribution in [1.29, 1.82) is 0 Å². The molecule has 0 saturated carbocycles. The molecule has 2 rings (SSSR count). The molecule has 3 nitrogen and oxygen atoms in total. The molecule has 0 amide bonds. The van der Waals surface area contributed by atoms with Crippen molar-refractivity contribution < 1.29 is 14.7 Å². The summed E-state index contributed by atoms with van der Waals surface area (Å²) in [4.78, 5) is 24.4. The predicted octanol–water partition coefficient (Wildman–Crippen LogP) is 4.26. The van der Waals surface area contributed by atoms with Gasteiger partial charge in [-0.2, -0.15) is 0 Å². The normalized spacial score (nSPS) is 15.8. The van der Waals surface area contributed by atoms with E-state index in [1.165, 1.54) is 0 Å². The van der Waals surface area contributed by atoms with Gasteiger partial charge in [-0.25, -0.2) is 0 Å². The van der Waals surface area contributed by atoms with Gasteiger partial charge < -0.3 is 5.11 Å². The van der Waals surface area contributed by atoms with Crippen LogP contribution in [-0.2, 0) is 0 Å². The maximum Gasteiger partial charge on any atom is 0.228 e. The summed E-state index contributed by atoms with van der Waals surface area (Å²) >= 11 is 0. The van der Waals surface area contributed by atoms with Crippen LogP contribution in [0.3, 0.4) is 0 Å². The summed E-state index contributed by atoms with van der Waals surface area (Å²) in [6.45, 7) is 6.43. The van der Waals surface area contributed by atoms with Crippen LogP contribution < -0.4 is 0 Å². The maximum atomic E-state index is 12.3. The fourth-order valence-electron chi connectivity index (χ4n) is 2.25. The van der Waals surface area contributed by atoms with Crippen molar-refractivity contribution in [3.05, 3.63) is 58.9 Å². The molecule has 0 radical (unpaired) electrons. The summed E-state index contributed by atoms with van der Waals surface area (Å²) in [6.07, 6.45) is 5.17. The highest BCUT2D eigenvalue weighted by molar-refractivity contribution is 6.26. The predicted molar refractivity (Wildman–Crippen MR) is 82.6 cm³/mol. The van der Waals surface area contributed by atoms with Crippen molar-refractivity contribution in [1.82, 2.24) is 0 Å². The Morgan fingerprint density at radius 2 is 1.62 bits per heavy atom. The number of carbonyl (C=O) groups excluding carboxylic acids is 2. The largest absolute Gasteiger partial charge is 0.504 e. The van der Waals surface area contributed by atoms with Crippen LogP contribution in [0.4, 0.5) is 0 Å². The smallest absolute Gasteiger partial charge is 0.228 e. The second-order valence-corrected chi connectivity index (χ2v) is 6.47. The van der Waals surface area contributed by atoms with Crippen LogP contribution >= 0.6 is 0 Å². The van der Waals surface area contributed by atoms with E-state index in [1.54, 1.807) is 30.3 Å². The number of aliphatic hydroxyl groups excluding tert-OH is 1. The van der Waals surface area contributed by atoms with E-state index in [1.807, 2.05) is 6.08 Å². The Hall–Kier alpha value is -2.16. The molecule has 0 aliphatic heterocycles. The van der Waals surface area contributed by atoms with Gasteiger partial charge in [0.05, 0.1) is 5.57 Å². The maximum absolute atomic E-state index is 12.3. The molecule has 1 aliphatic carbocycles. The zero-order valence-electron chi connectivity index (χ0n) is 12.6. The molecule has 3 heteroatoms. The molecule has 1 aromatic rings. The van der Waals surface area contributed by atoms with Gasteiger partial charge in [0.25, 0.3) is 0 Å². The second-order valence-electron chi connectivity index (χ2n) is 6.47. The van der Waals surface area contributed by atoms with Crippen molar-refractivity contribution in [2.45, 2.75) is 33.6 Å². The first kappa shape index (κ1) is 15.2. The highest BCUT2D eigenvalue weighted by Gasteiger charge is 2.30. The van der Waals surface area contributed by atoms with Crippen LogP contribution in [0.15, 0.2) is 47.7 Å². The number of Topliss-reactive ketones (excluding diaryl/α,β-unsaturated/α-hetero) is 2. The molecule has 1 aliphatic rings. The average molecular weight is 284 g/mol. The number of hydrogen-bond donors (Lipinski definition) is 1. The van der Waals surface area contributed by atoms with Crippen LogP contribution in [0.25, 0.3) is 0 Å². The highest BCUT2D eigenvalue weighted by atomic mass is 16.3. The Morgan fingerprint density at radius 1 is 1.05 bits per heavy atom. The molecule has 0 heterocycles. The number of rotatable bonds is 3. The van der Waals surface area contributed by atoms with E-state index in [-0.39, 0.29) is 22.3 Å². The minimum atomic E-state index is -0.485. The zero-order chi connectivity index (χ0) is 15.6. The number of carbonyl (C=O) groups is 2. The van der Waals surface area contributed by atoms with Crippen molar-refractivity contribution in [3.8, 4) is 0 Å². The summed E-state index contributed by atoms with van der Waals surface area (Å²) in [6, 6.07) is 6.58. The molecule has 0 bridgehead atoms. The summed E-state index contributed by atoms with van der Waals surface area (Å²) in [5.74, 6) is -1.24. The molecule has 21 heavy (non-hydrogen) atoms. The Balaban J connectivity index is 2.24. The topological polar surface area (TPSA) is 54.4 Å². The molecular weight excluding hydrogens is 264 g/mol. The first-order chi connectivity index (χ1) is 9.81. The number of hydrogen-bond acceptors (Lipinski definition) is 3. The number of allylic oxidation sites excluding steroid dienone is 4. The van der Waals surface area contributed by atoms with Gasteiger partial charge in [0.2, 0.25) is 5.78 Å². The van der Waals surface area contributed by atoms with E-state index in [2.05, 4.69) is 20.8 Å². The van der Waals surface area contributed by atoms with Gasteiger partial charge in [0, 0.05) is 11.1 Å². The Morgan fingerprint density at radius 3 is 2.19 bits per heavy atom. The number of aliphatic hydroxyl groups is 1. The van der Waals surface area contributed by atoms with E-state index in [4.69, 9.17) is 0 Å². The molecular formula is C18H20O3. The Labute approximate surface area is 125 Å². The summed E-state index contributed by atoms with van der Waals surface area (Å²) in [7, 11) is 0. The number of ketones is 2. The van der Waals surface area contributed by atoms with Gasteiger partial charge in [-0.1, -0.05) is 57.2 Å². The van der Waals surface area contributed by atoms with Gasteiger partial charge in [0.15, 0.2) is 11.5 Å². The molecule has 0 aromatic heterocycles. The monoisotopic (exact) mass is 284 g/mol. The summed E-state index contributed by atoms with van der Waals surface area (Å²) in [5, 5.41) is 9.97. The molecule has 1 aromatic carbocycles. The van der Waals surface area contributed by atoms with E-state index in [9.17, 15) is 14.7 Å². The molecule has 110 valence electrons. The van der Waals surface area contributed by atoms with Crippen LogP contribution in [0.1, 0.15) is 54.3 Å². The SMILES string of the molecule is CC(C)(C)CC/C=C/C1=C(O)C(=O)c2ccccc2C1=O. The van der Waals surface area contributed by atoms with Gasteiger partial charge in [-0.05, 0) is 18.3 Å². The summed E-state index contributed by atoms with van der Waals surface area (Å²) < 4.78 is 0. The third-order valence-corrected chi connectivity index (χ3v) is 3.48. The Bertz CT molecular complexity index is 643. The van der Waals surface area contributed by atoms with Gasteiger partial charge >= 0.3 is 0 Å². The van der Waals surface area contributed by atoms with Crippen molar-refractivity contribution in [3.63, 3.8) is 0 Å². The standard InChI is InChI=1S/C18H20O3/c1-18(2,3)11-7-6-10-14-15(19)12-8-4-5-9-13(12)16(20)17(14)21/h4-6,8-10,21H,7,11H2,1-3H3/b10-6+. The molecule has 0 fully saturated rings. The van der Waals surface area contributed by atoms with Gasteiger partial charge in [-0.15, -0.1) is 0 Å². The fraction of sp³-hybridized carbons (Fsp3) is 0.333. The molecule has 0 spiro atoms. The minimum absolute atomic E-state index is 0.0904. The third-order valence-electron chi connectivity index (χ3n) is 3.48. The molecule has 0 unspecified atom stereocenters. The average Bonchev–Trinajstić information content (AvgIpc) is 2.43. The van der Waals surface area contributed by atoms with Crippen molar-refractivity contribution >= 4 is 11.6 Å². The highest BCUT2D eigenvalue weighted by Crippen LogP contribution is 2.26. The minimum Gasteiger partial charge on any atom is -0.504 e. The number of benzene rings is 1. The lowest BCUT2D eigenvalue weighted by Crippen LogP contribution is -2.21. The fourth-order valence-corrected chi connectivity index (χ4v) is 2.25. The molecule has 1 N–H and O–H groups in total.